The second kappa shape index (κ2) is 7.99. The number of amides is 1. The third-order valence-electron chi connectivity index (χ3n) is 4.91. The molecule has 4 rings (SSSR count). The molecule has 6 heteroatoms. The SMILES string of the molecule is Cc1cc(CC(C)NC(=O)C2Oc3ccccc3OC2C)n(-c2ccccc2)n1. The van der Waals surface area contributed by atoms with Crippen LogP contribution in [0.15, 0.2) is 60.7 Å². The van der Waals surface area contributed by atoms with Gasteiger partial charge in [0.15, 0.2) is 11.5 Å². The van der Waals surface area contributed by atoms with Crippen LogP contribution in [-0.4, -0.2) is 33.9 Å². The molecule has 1 aromatic heterocycles. The number of nitrogens with zero attached hydrogens (tertiary/aromatic N) is 2. The van der Waals surface area contributed by atoms with E-state index in [1.165, 1.54) is 0 Å². The van der Waals surface area contributed by atoms with Crippen molar-refractivity contribution in [3.63, 3.8) is 0 Å². The average molecular weight is 391 g/mol. The van der Waals surface area contributed by atoms with E-state index in [4.69, 9.17) is 9.47 Å². The maximum absolute atomic E-state index is 12.8. The van der Waals surface area contributed by atoms with Crippen LogP contribution in [0.5, 0.6) is 11.5 Å². The van der Waals surface area contributed by atoms with Crippen molar-refractivity contribution >= 4 is 5.91 Å². The number of nitrogens with one attached hydrogen (secondary N) is 1. The van der Waals surface area contributed by atoms with Gasteiger partial charge in [-0.2, -0.15) is 5.10 Å². The second-order valence-electron chi connectivity index (χ2n) is 7.45. The van der Waals surface area contributed by atoms with E-state index in [0.717, 1.165) is 17.1 Å². The first kappa shape index (κ1) is 19.1. The standard InChI is InChI=1S/C23H25N3O3/c1-15(13-19-14-16(2)25-26(19)18-9-5-4-6-10-18)24-23(27)22-17(3)28-20-11-7-8-12-21(20)29-22/h4-12,14-15,17,22H,13H2,1-3H3,(H,24,27). The summed E-state index contributed by atoms with van der Waals surface area (Å²) < 4.78 is 13.7. The Morgan fingerprint density at radius 3 is 2.48 bits per heavy atom. The van der Waals surface area contributed by atoms with Crippen LogP contribution in [0.1, 0.15) is 25.2 Å². The molecule has 2 heterocycles. The molecule has 3 atom stereocenters. The van der Waals surface area contributed by atoms with E-state index < -0.39 is 6.10 Å². The summed E-state index contributed by atoms with van der Waals surface area (Å²) >= 11 is 0. The number of ether oxygens (including phenoxy) is 2. The summed E-state index contributed by atoms with van der Waals surface area (Å²) in [6.45, 7) is 5.80. The third-order valence-corrected chi connectivity index (χ3v) is 4.91. The molecule has 29 heavy (non-hydrogen) atoms. The Hall–Kier alpha value is -3.28. The number of fused-ring (bicyclic) bond motifs is 1. The molecular formula is C23H25N3O3. The summed E-state index contributed by atoms with van der Waals surface area (Å²) in [6, 6.07) is 19.4. The first-order valence-electron chi connectivity index (χ1n) is 9.85. The Morgan fingerprint density at radius 2 is 1.76 bits per heavy atom. The van der Waals surface area contributed by atoms with Gasteiger partial charge < -0.3 is 14.8 Å². The van der Waals surface area contributed by atoms with Crippen molar-refractivity contribution in [1.82, 2.24) is 15.1 Å². The Labute approximate surface area is 170 Å². The predicted molar refractivity (Wildman–Crippen MR) is 111 cm³/mol. The minimum atomic E-state index is -0.687. The zero-order valence-electron chi connectivity index (χ0n) is 16.8. The number of carbonyl (C=O) groups is 1. The number of hydrogen-bond donors (Lipinski definition) is 1. The van der Waals surface area contributed by atoms with Gasteiger partial charge in [0.05, 0.1) is 11.4 Å². The van der Waals surface area contributed by atoms with E-state index in [1.54, 1.807) is 0 Å². The van der Waals surface area contributed by atoms with E-state index in [0.29, 0.717) is 17.9 Å². The monoisotopic (exact) mass is 391 g/mol. The molecule has 0 radical (unpaired) electrons. The lowest BCUT2D eigenvalue weighted by Crippen LogP contribution is -2.51. The summed E-state index contributed by atoms with van der Waals surface area (Å²) in [5.74, 6) is 1.08. The van der Waals surface area contributed by atoms with E-state index in [2.05, 4.69) is 16.5 Å². The van der Waals surface area contributed by atoms with Gasteiger partial charge in [-0.15, -0.1) is 0 Å². The summed E-state index contributed by atoms with van der Waals surface area (Å²) in [5, 5.41) is 7.66. The minimum absolute atomic E-state index is 0.0889. The maximum Gasteiger partial charge on any atom is 0.265 e. The quantitative estimate of drug-likeness (QED) is 0.723. The highest BCUT2D eigenvalue weighted by Crippen LogP contribution is 2.33. The summed E-state index contributed by atoms with van der Waals surface area (Å²) in [4.78, 5) is 12.8. The second-order valence-corrected chi connectivity index (χ2v) is 7.45. The molecule has 0 aliphatic carbocycles. The van der Waals surface area contributed by atoms with Crippen LogP contribution in [0.2, 0.25) is 0 Å². The lowest BCUT2D eigenvalue weighted by Gasteiger charge is -2.31. The number of carbonyl (C=O) groups excluding carboxylic acids is 1. The normalized spacial score (nSPS) is 18.9. The average Bonchev–Trinajstić information content (AvgIpc) is 3.07. The summed E-state index contributed by atoms with van der Waals surface area (Å²) in [7, 11) is 0. The molecule has 0 bridgehead atoms. The van der Waals surface area contributed by atoms with Crippen molar-refractivity contribution in [2.45, 2.75) is 45.4 Å². The van der Waals surface area contributed by atoms with Crippen molar-refractivity contribution < 1.29 is 14.3 Å². The number of benzene rings is 2. The van der Waals surface area contributed by atoms with Crippen LogP contribution < -0.4 is 14.8 Å². The van der Waals surface area contributed by atoms with E-state index >= 15 is 0 Å². The lowest BCUT2D eigenvalue weighted by molar-refractivity contribution is -0.134. The third kappa shape index (κ3) is 4.11. The van der Waals surface area contributed by atoms with Gasteiger partial charge in [-0.3, -0.25) is 4.79 Å². The molecule has 0 saturated heterocycles. The molecule has 0 spiro atoms. The van der Waals surface area contributed by atoms with Gasteiger partial charge in [-0.25, -0.2) is 4.68 Å². The van der Waals surface area contributed by atoms with Crippen molar-refractivity contribution in [2.75, 3.05) is 0 Å². The molecule has 3 aromatic rings. The van der Waals surface area contributed by atoms with Crippen LogP contribution in [0.25, 0.3) is 5.69 Å². The number of rotatable bonds is 5. The van der Waals surface area contributed by atoms with Gasteiger partial charge in [0.1, 0.15) is 6.10 Å². The number of para-hydroxylation sites is 3. The lowest BCUT2D eigenvalue weighted by atomic mass is 10.1. The molecular weight excluding hydrogens is 366 g/mol. The number of hydrogen-bond acceptors (Lipinski definition) is 4. The highest BCUT2D eigenvalue weighted by molar-refractivity contribution is 5.82. The molecule has 150 valence electrons. The van der Waals surface area contributed by atoms with Crippen molar-refractivity contribution in [1.29, 1.82) is 0 Å². The summed E-state index contributed by atoms with van der Waals surface area (Å²) in [5.41, 5.74) is 2.99. The largest absolute Gasteiger partial charge is 0.482 e. The summed E-state index contributed by atoms with van der Waals surface area (Å²) in [6.07, 6.45) is -0.401. The fourth-order valence-corrected chi connectivity index (χ4v) is 3.59. The fourth-order valence-electron chi connectivity index (χ4n) is 3.59. The molecule has 1 aliphatic rings. The molecule has 0 fully saturated rings. The van der Waals surface area contributed by atoms with Gasteiger partial charge in [-0.05, 0) is 51.1 Å². The highest BCUT2D eigenvalue weighted by Gasteiger charge is 2.34. The van der Waals surface area contributed by atoms with Gasteiger partial charge in [0.2, 0.25) is 6.10 Å². The molecule has 3 unspecified atom stereocenters. The Kier molecular flexibility index (Phi) is 5.25. The Morgan fingerprint density at radius 1 is 1.10 bits per heavy atom. The number of aromatic nitrogens is 2. The highest BCUT2D eigenvalue weighted by atomic mass is 16.6. The van der Waals surface area contributed by atoms with E-state index in [1.807, 2.05) is 80.1 Å². The van der Waals surface area contributed by atoms with Gasteiger partial charge in [0, 0.05) is 18.2 Å². The number of aryl methyl sites for hydroxylation is 1. The Balaban J connectivity index is 1.44. The van der Waals surface area contributed by atoms with Gasteiger partial charge in [0.25, 0.3) is 5.91 Å². The van der Waals surface area contributed by atoms with Gasteiger partial charge >= 0.3 is 0 Å². The van der Waals surface area contributed by atoms with E-state index in [-0.39, 0.29) is 18.1 Å². The zero-order valence-corrected chi connectivity index (χ0v) is 16.8. The van der Waals surface area contributed by atoms with Crippen molar-refractivity contribution in [3.05, 3.63) is 72.1 Å². The van der Waals surface area contributed by atoms with Crippen LogP contribution >= 0.6 is 0 Å². The van der Waals surface area contributed by atoms with Crippen molar-refractivity contribution in [3.8, 4) is 17.2 Å². The zero-order chi connectivity index (χ0) is 20.4. The molecule has 1 aliphatic heterocycles. The molecule has 2 aromatic carbocycles. The smallest absolute Gasteiger partial charge is 0.265 e. The first-order chi connectivity index (χ1) is 14.0. The first-order valence-corrected chi connectivity index (χ1v) is 9.85. The molecule has 6 nitrogen and oxygen atoms in total. The molecule has 1 amide bonds. The van der Waals surface area contributed by atoms with Crippen LogP contribution in [0.4, 0.5) is 0 Å². The van der Waals surface area contributed by atoms with Crippen molar-refractivity contribution in [2.24, 2.45) is 0 Å². The minimum Gasteiger partial charge on any atom is -0.482 e. The van der Waals surface area contributed by atoms with Crippen LogP contribution in [0, 0.1) is 6.92 Å². The van der Waals surface area contributed by atoms with Crippen LogP contribution in [-0.2, 0) is 11.2 Å². The predicted octanol–water partition coefficient (Wildman–Crippen LogP) is 3.46. The maximum atomic E-state index is 12.8. The van der Waals surface area contributed by atoms with Crippen LogP contribution in [0.3, 0.4) is 0 Å². The molecule has 0 saturated carbocycles. The Bertz CT molecular complexity index is 1000. The fraction of sp³-hybridized carbons (Fsp3) is 0.304. The molecule has 1 N–H and O–H groups in total. The van der Waals surface area contributed by atoms with Gasteiger partial charge in [-0.1, -0.05) is 30.3 Å². The topological polar surface area (TPSA) is 65.4 Å². The van der Waals surface area contributed by atoms with E-state index in [9.17, 15) is 4.79 Å².